The summed E-state index contributed by atoms with van der Waals surface area (Å²) in [6.45, 7) is 6.75. The van der Waals surface area contributed by atoms with E-state index in [4.69, 9.17) is 4.98 Å². The van der Waals surface area contributed by atoms with Crippen LogP contribution in [0.1, 0.15) is 45.5 Å². The van der Waals surface area contributed by atoms with E-state index in [0.29, 0.717) is 35.2 Å². The molecule has 0 saturated heterocycles. The zero-order chi connectivity index (χ0) is 22.7. The Morgan fingerprint density at radius 3 is 2.41 bits per heavy atom. The molecule has 0 unspecified atom stereocenters. The van der Waals surface area contributed by atoms with Crippen molar-refractivity contribution in [3.63, 3.8) is 0 Å². The number of rotatable bonds is 7. The summed E-state index contributed by atoms with van der Waals surface area (Å²) in [5.74, 6) is -0.385. The van der Waals surface area contributed by atoms with Gasteiger partial charge in [-0.05, 0) is 51.1 Å². The number of benzene rings is 1. The molecule has 8 heteroatoms. The number of amides is 2. The molecule has 164 valence electrons. The van der Waals surface area contributed by atoms with Gasteiger partial charge in [-0.15, -0.1) is 11.3 Å². The molecule has 0 aliphatic heterocycles. The van der Waals surface area contributed by atoms with Crippen LogP contribution in [0.3, 0.4) is 0 Å². The van der Waals surface area contributed by atoms with Crippen molar-refractivity contribution in [2.75, 3.05) is 13.1 Å². The second-order valence-electron chi connectivity index (χ2n) is 7.76. The SMILES string of the molecule is Cc1ccc(-c2cc(C(=O)NCCNC(=O)c3ccccc3)c3cnn(C(C)C)c3n2)s1. The smallest absolute Gasteiger partial charge is 0.252 e. The zero-order valence-corrected chi connectivity index (χ0v) is 19.1. The molecule has 0 fully saturated rings. The highest BCUT2D eigenvalue weighted by atomic mass is 32.1. The molecule has 0 bridgehead atoms. The molecule has 0 aliphatic carbocycles. The van der Waals surface area contributed by atoms with Crippen molar-refractivity contribution < 1.29 is 9.59 Å². The summed E-state index contributed by atoms with van der Waals surface area (Å²) >= 11 is 1.64. The van der Waals surface area contributed by atoms with E-state index in [2.05, 4.69) is 15.7 Å². The third-order valence-corrected chi connectivity index (χ3v) is 6.05. The fourth-order valence-corrected chi connectivity index (χ4v) is 4.25. The van der Waals surface area contributed by atoms with E-state index in [-0.39, 0.29) is 17.9 Å². The number of nitrogens with one attached hydrogen (secondary N) is 2. The van der Waals surface area contributed by atoms with Crippen molar-refractivity contribution >= 4 is 34.2 Å². The van der Waals surface area contributed by atoms with E-state index in [1.54, 1.807) is 29.7 Å². The monoisotopic (exact) mass is 447 g/mol. The van der Waals surface area contributed by atoms with Crippen LogP contribution in [0.15, 0.2) is 54.7 Å². The van der Waals surface area contributed by atoms with Gasteiger partial charge < -0.3 is 10.6 Å². The normalized spacial score (nSPS) is 11.1. The highest BCUT2D eigenvalue weighted by Crippen LogP contribution is 2.30. The lowest BCUT2D eigenvalue weighted by molar-refractivity contribution is 0.0928. The van der Waals surface area contributed by atoms with E-state index in [1.807, 2.05) is 61.9 Å². The first-order valence-corrected chi connectivity index (χ1v) is 11.3. The maximum absolute atomic E-state index is 13.1. The van der Waals surface area contributed by atoms with Gasteiger partial charge in [-0.2, -0.15) is 5.10 Å². The van der Waals surface area contributed by atoms with Crippen LogP contribution in [0.4, 0.5) is 0 Å². The van der Waals surface area contributed by atoms with E-state index in [0.717, 1.165) is 10.6 Å². The molecule has 32 heavy (non-hydrogen) atoms. The molecule has 2 N–H and O–H groups in total. The number of carbonyl (C=O) groups excluding carboxylic acids is 2. The minimum absolute atomic E-state index is 0.115. The predicted molar refractivity (Wildman–Crippen MR) is 127 cm³/mol. The maximum atomic E-state index is 13.1. The van der Waals surface area contributed by atoms with Gasteiger partial charge in [-0.3, -0.25) is 9.59 Å². The Morgan fingerprint density at radius 1 is 1.03 bits per heavy atom. The Morgan fingerprint density at radius 2 is 1.75 bits per heavy atom. The summed E-state index contributed by atoms with van der Waals surface area (Å²) in [6.07, 6.45) is 1.69. The highest BCUT2D eigenvalue weighted by Gasteiger charge is 2.19. The fourth-order valence-electron chi connectivity index (χ4n) is 3.42. The van der Waals surface area contributed by atoms with Gasteiger partial charge in [0.05, 0.1) is 27.7 Å². The van der Waals surface area contributed by atoms with Crippen molar-refractivity contribution in [1.82, 2.24) is 25.4 Å². The number of hydrogen-bond donors (Lipinski definition) is 2. The second-order valence-corrected chi connectivity index (χ2v) is 9.05. The number of aromatic nitrogens is 3. The minimum Gasteiger partial charge on any atom is -0.350 e. The fraction of sp³-hybridized carbons (Fsp3) is 0.250. The number of hydrogen-bond acceptors (Lipinski definition) is 5. The van der Waals surface area contributed by atoms with Crippen molar-refractivity contribution in [2.45, 2.75) is 26.8 Å². The van der Waals surface area contributed by atoms with E-state index in [9.17, 15) is 9.59 Å². The highest BCUT2D eigenvalue weighted by molar-refractivity contribution is 7.15. The maximum Gasteiger partial charge on any atom is 0.252 e. The first-order chi connectivity index (χ1) is 15.4. The average molecular weight is 448 g/mol. The molecule has 3 heterocycles. The van der Waals surface area contributed by atoms with Crippen molar-refractivity contribution in [3.05, 3.63) is 70.7 Å². The standard InChI is InChI=1S/C24H25N5O2S/c1-15(2)29-22-19(14-27-29)18(13-20(28-22)21-10-9-16(3)32-21)24(31)26-12-11-25-23(30)17-7-5-4-6-8-17/h4-10,13-15H,11-12H2,1-3H3,(H,25,30)(H,26,31). The Bertz CT molecular complexity index is 1260. The molecular weight excluding hydrogens is 422 g/mol. The lowest BCUT2D eigenvalue weighted by Gasteiger charge is -2.11. The number of thiophene rings is 1. The van der Waals surface area contributed by atoms with Gasteiger partial charge in [0.1, 0.15) is 0 Å². The Balaban J connectivity index is 1.53. The van der Waals surface area contributed by atoms with E-state index < -0.39 is 0 Å². The summed E-state index contributed by atoms with van der Waals surface area (Å²) in [5, 5.41) is 10.9. The van der Waals surface area contributed by atoms with Gasteiger partial charge in [0, 0.05) is 29.6 Å². The molecule has 0 saturated carbocycles. The molecule has 2 amide bonds. The van der Waals surface area contributed by atoms with Crippen molar-refractivity contribution in [2.24, 2.45) is 0 Å². The number of nitrogens with zero attached hydrogens (tertiary/aromatic N) is 3. The summed E-state index contributed by atoms with van der Waals surface area (Å²) in [6, 6.07) is 15.0. The van der Waals surface area contributed by atoms with Gasteiger partial charge in [0.25, 0.3) is 11.8 Å². The lowest BCUT2D eigenvalue weighted by atomic mass is 10.1. The average Bonchev–Trinajstić information content (AvgIpc) is 3.42. The molecule has 3 aromatic heterocycles. The third-order valence-electron chi connectivity index (χ3n) is 5.03. The second kappa shape index (κ2) is 9.32. The van der Waals surface area contributed by atoms with E-state index >= 15 is 0 Å². The molecule has 4 rings (SSSR count). The van der Waals surface area contributed by atoms with Gasteiger partial charge in [0.2, 0.25) is 0 Å². The number of pyridine rings is 1. The molecular formula is C24H25N5O2S. The number of fused-ring (bicyclic) bond motifs is 1. The van der Waals surface area contributed by atoms with E-state index in [1.165, 1.54) is 4.88 Å². The van der Waals surface area contributed by atoms with Crippen LogP contribution in [0.5, 0.6) is 0 Å². The van der Waals surface area contributed by atoms with Crippen LogP contribution < -0.4 is 10.6 Å². The molecule has 0 aliphatic rings. The summed E-state index contributed by atoms with van der Waals surface area (Å²) in [7, 11) is 0. The van der Waals surface area contributed by atoms with Crippen LogP contribution >= 0.6 is 11.3 Å². The van der Waals surface area contributed by atoms with Crippen molar-refractivity contribution in [1.29, 1.82) is 0 Å². The quantitative estimate of drug-likeness (QED) is 0.416. The van der Waals surface area contributed by atoms with Crippen LogP contribution in [0.2, 0.25) is 0 Å². The molecule has 1 aromatic carbocycles. The van der Waals surface area contributed by atoms with Gasteiger partial charge in [-0.25, -0.2) is 9.67 Å². The van der Waals surface area contributed by atoms with Crippen LogP contribution in [0.25, 0.3) is 21.6 Å². The largest absolute Gasteiger partial charge is 0.350 e. The molecule has 0 atom stereocenters. The Labute approximate surface area is 190 Å². The molecule has 7 nitrogen and oxygen atoms in total. The third kappa shape index (κ3) is 4.55. The predicted octanol–water partition coefficient (Wildman–Crippen LogP) is 4.21. The number of carbonyl (C=O) groups is 2. The Kier molecular flexibility index (Phi) is 6.32. The molecule has 4 aromatic rings. The van der Waals surface area contributed by atoms with Crippen LogP contribution in [-0.4, -0.2) is 39.7 Å². The van der Waals surface area contributed by atoms with Crippen LogP contribution in [-0.2, 0) is 0 Å². The topological polar surface area (TPSA) is 88.9 Å². The molecule has 0 spiro atoms. The van der Waals surface area contributed by atoms with Crippen molar-refractivity contribution in [3.8, 4) is 10.6 Å². The summed E-state index contributed by atoms with van der Waals surface area (Å²) in [5.41, 5.74) is 2.55. The summed E-state index contributed by atoms with van der Waals surface area (Å²) in [4.78, 5) is 32.2. The lowest BCUT2D eigenvalue weighted by Crippen LogP contribution is -2.34. The first kappa shape index (κ1) is 21.7. The van der Waals surface area contributed by atoms with Crippen LogP contribution in [0, 0.1) is 6.92 Å². The first-order valence-electron chi connectivity index (χ1n) is 10.5. The number of aryl methyl sites for hydroxylation is 1. The minimum atomic E-state index is -0.218. The Hall–Kier alpha value is -3.52. The zero-order valence-electron chi connectivity index (χ0n) is 18.3. The van der Waals surface area contributed by atoms with Gasteiger partial charge >= 0.3 is 0 Å². The van der Waals surface area contributed by atoms with Gasteiger partial charge in [0.15, 0.2) is 5.65 Å². The summed E-state index contributed by atoms with van der Waals surface area (Å²) < 4.78 is 1.83. The van der Waals surface area contributed by atoms with Gasteiger partial charge in [-0.1, -0.05) is 18.2 Å². The molecule has 0 radical (unpaired) electrons.